The fraction of sp³-hybridized carbons (Fsp3) is 0.533. The molecule has 1 saturated heterocycles. The van der Waals surface area contributed by atoms with Crippen molar-refractivity contribution in [3.63, 3.8) is 0 Å². The van der Waals surface area contributed by atoms with Gasteiger partial charge >= 0.3 is 5.97 Å². The Bertz CT molecular complexity index is 427. The van der Waals surface area contributed by atoms with E-state index in [0.717, 1.165) is 31.4 Å². The van der Waals surface area contributed by atoms with Gasteiger partial charge in [-0.3, -0.25) is 4.79 Å². The van der Waals surface area contributed by atoms with Crippen LogP contribution in [0.2, 0.25) is 0 Å². The molecule has 0 spiro atoms. The van der Waals surface area contributed by atoms with Gasteiger partial charge in [0, 0.05) is 12.6 Å². The molecular weight excluding hydrogens is 226 g/mol. The minimum absolute atomic E-state index is 0.0129. The van der Waals surface area contributed by atoms with Gasteiger partial charge in [0.2, 0.25) is 0 Å². The second-order valence-electron chi connectivity index (χ2n) is 5.52. The van der Waals surface area contributed by atoms with Crippen LogP contribution in [-0.4, -0.2) is 18.6 Å². The molecule has 2 aliphatic rings. The van der Waals surface area contributed by atoms with Crippen LogP contribution >= 0.6 is 0 Å². The van der Waals surface area contributed by atoms with Crippen molar-refractivity contribution in [1.82, 2.24) is 5.32 Å². The van der Waals surface area contributed by atoms with Crippen molar-refractivity contribution in [2.24, 2.45) is 5.41 Å². The van der Waals surface area contributed by atoms with Gasteiger partial charge < -0.3 is 10.1 Å². The number of hydrogen-bond donors (Lipinski definition) is 1. The summed E-state index contributed by atoms with van der Waals surface area (Å²) in [6.45, 7) is 1.19. The summed E-state index contributed by atoms with van der Waals surface area (Å²) in [5.74, 6) is -0.0129. The van der Waals surface area contributed by atoms with E-state index < -0.39 is 0 Å². The molecule has 0 radical (unpaired) electrons. The topological polar surface area (TPSA) is 38.3 Å². The van der Waals surface area contributed by atoms with Crippen molar-refractivity contribution in [2.75, 3.05) is 6.54 Å². The van der Waals surface area contributed by atoms with Crippen molar-refractivity contribution in [1.29, 1.82) is 0 Å². The summed E-state index contributed by atoms with van der Waals surface area (Å²) < 4.78 is 5.51. The molecule has 2 unspecified atom stereocenters. The monoisotopic (exact) mass is 245 g/mol. The Kier molecular flexibility index (Phi) is 3.08. The van der Waals surface area contributed by atoms with Gasteiger partial charge in [-0.05, 0) is 24.8 Å². The first kappa shape index (κ1) is 11.7. The molecule has 1 saturated carbocycles. The zero-order chi connectivity index (χ0) is 12.4. The second-order valence-corrected chi connectivity index (χ2v) is 5.52. The fourth-order valence-corrected chi connectivity index (χ4v) is 3.17. The van der Waals surface area contributed by atoms with Crippen LogP contribution in [0.25, 0.3) is 0 Å². The van der Waals surface area contributed by atoms with E-state index in [-0.39, 0.29) is 11.4 Å². The molecule has 2 atom stereocenters. The van der Waals surface area contributed by atoms with E-state index in [2.05, 4.69) is 5.32 Å². The molecule has 1 aromatic carbocycles. The zero-order valence-electron chi connectivity index (χ0n) is 10.5. The SMILES string of the molecule is O=C(OCc1ccccc1)C12CCCC(C1)NC2. The van der Waals surface area contributed by atoms with E-state index in [4.69, 9.17) is 4.74 Å². The highest BCUT2D eigenvalue weighted by atomic mass is 16.5. The lowest BCUT2D eigenvalue weighted by atomic mass is 9.76. The van der Waals surface area contributed by atoms with Crippen LogP contribution in [0.1, 0.15) is 31.2 Å². The van der Waals surface area contributed by atoms with E-state index in [9.17, 15) is 4.79 Å². The first-order valence-electron chi connectivity index (χ1n) is 6.73. The molecular formula is C15H19NO2. The summed E-state index contributed by atoms with van der Waals surface area (Å²) in [7, 11) is 0. The Morgan fingerprint density at radius 1 is 1.39 bits per heavy atom. The van der Waals surface area contributed by atoms with Gasteiger partial charge in [0.15, 0.2) is 0 Å². The van der Waals surface area contributed by atoms with Gasteiger partial charge in [-0.15, -0.1) is 0 Å². The van der Waals surface area contributed by atoms with E-state index in [1.807, 2.05) is 30.3 Å². The molecule has 0 aromatic heterocycles. The Morgan fingerprint density at radius 3 is 3.06 bits per heavy atom. The van der Waals surface area contributed by atoms with Crippen molar-refractivity contribution < 1.29 is 9.53 Å². The van der Waals surface area contributed by atoms with Crippen LogP contribution in [0.15, 0.2) is 30.3 Å². The first-order chi connectivity index (χ1) is 8.78. The normalized spacial score (nSPS) is 30.1. The van der Waals surface area contributed by atoms with Crippen molar-refractivity contribution in [2.45, 2.75) is 38.3 Å². The van der Waals surface area contributed by atoms with Gasteiger partial charge in [0.25, 0.3) is 0 Å². The molecule has 0 amide bonds. The van der Waals surface area contributed by atoms with Gasteiger partial charge in [0.1, 0.15) is 6.61 Å². The quantitative estimate of drug-likeness (QED) is 0.830. The molecule has 1 aliphatic carbocycles. The summed E-state index contributed by atoms with van der Waals surface area (Å²) in [6.07, 6.45) is 4.27. The number of benzene rings is 1. The molecule has 3 rings (SSSR count). The van der Waals surface area contributed by atoms with Crippen molar-refractivity contribution in [3.8, 4) is 0 Å². The zero-order valence-corrected chi connectivity index (χ0v) is 10.5. The third-order valence-corrected chi connectivity index (χ3v) is 4.22. The van der Waals surface area contributed by atoms with E-state index in [1.165, 1.54) is 6.42 Å². The van der Waals surface area contributed by atoms with Crippen LogP contribution in [0.4, 0.5) is 0 Å². The van der Waals surface area contributed by atoms with Gasteiger partial charge in [-0.25, -0.2) is 0 Å². The van der Waals surface area contributed by atoms with E-state index >= 15 is 0 Å². The molecule has 96 valence electrons. The van der Waals surface area contributed by atoms with Crippen LogP contribution in [0.5, 0.6) is 0 Å². The van der Waals surface area contributed by atoms with Crippen LogP contribution in [0.3, 0.4) is 0 Å². The number of carbonyl (C=O) groups is 1. The highest BCUT2D eigenvalue weighted by Crippen LogP contribution is 2.41. The number of fused-ring (bicyclic) bond motifs is 2. The maximum atomic E-state index is 12.3. The summed E-state index contributed by atoms with van der Waals surface area (Å²) in [5.41, 5.74) is 0.818. The largest absolute Gasteiger partial charge is 0.460 e. The first-order valence-corrected chi connectivity index (χ1v) is 6.73. The minimum atomic E-state index is -0.238. The average molecular weight is 245 g/mol. The molecule has 3 nitrogen and oxygen atoms in total. The Hall–Kier alpha value is -1.35. The Balaban J connectivity index is 1.62. The summed E-state index contributed by atoms with van der Waals surface area (Å²) in [4.78, 5) is 12.3. The number of rotatable bonds is 3. The molecule has 1 aliphatic heterocycles. The highest BCUT2D eigenvalue weighted by molar-refractivity contribution is 5.78. The number of carbonyl (C=O) groups excluding carboxylic acids is 1. The summed E-state index contributed by atoms with van der Waals surface area (Å²) in [5, 5.41) is 3.44. The molecule has 1 heterocycles. The lowest BCUT2D eigenvalue weighted by Crippen LogP contribution is -2.35. The number of hydrogen-bond acceptors (Lipinski definition) is 3. The standard InChI is InChI=1S/C15H19NO2/c17-14(18-10-12-5-2-1-3-6-12)15-8-4-7-13(9-15)16-11-15/h1-3,5-6,13,16H,4,7-11H2. The maximum Gasteiger partial charge on any atom is 0.313 e. The van der Waals surface area contributed by atoms with Crippen molar-refractivity contribution >= 4 is 5.97 Å². The summed E-state index contributed by atoms with van der Waals surface area (Å²) >= 11 is 0. The molecule has 18 heavy (non-hydrogen) atoms. The van der Waals surface area contributed by atoms with Gasteiger partial charge in [-0.1, -0.05) is 36.8 Å². The third-order valence-electron chi connectivity index (χ3n) is 4.22. The molecule has 1 N–H and O–H groups in total. The maximum absolute atomic E-state index is 12.3. The van der Waals surface area contributed by atoms with Gasteiger partial charge in [0.05, 0.1) is 5.41 Å². The van der Waals surface area contributed by atoms with Crippen LogP contribution in [0, 0.1) is 5.41 Å². The van der Waals surface area contributed by atoms with Crippen molar-refractivity contribution in [3.05, 3.63) is 35.9 Å². The lowest BCUT2D eigenvalue weighted by Gasteiger charge is -2.29. The molecule has 2 fully saturated rings. The summed E-state index contributed by atoms with van der Waals surface area (Å²) in [6, 6.07) is 10.4. The number of esters is 1. The Labute approximate surface area is 108 Å². The number of ether oxygens (including phenoxy) is 1. The molecule has 3 heteroatoms. The highest BCUT2D eigenvalue weighted by Gasteiger charge is 2.48. The van der Waals surface area contributed by atoms with Gasteiger partial charge in [-0.2, -0.15) is 0 Å². The van der Waals surface area contributed by atoms with Crippen LogP contribution in [-0.2, 0) is 16.1 Å². The average Bonchev–Trinajstić information content (AvgIpc) is 2.73. The predicted octanol–water partition coefficient (Wildman–Crippen LogP) is 2.26. The molecule has 2 bridgehead atoms. The minimum Gasteiger partial charge on any atom is -0.460 e. The molecule has 1 aromatic rings. The Morgan fingerprint density at radius 2 is 2.22 bits per heavy atom. The van der Waals surface area contributed by atoms with E-state index in [0.29, 0.717) is 12.6 Å². The van der Waals surface area contributed by atoms with E-state index in [1.54, 1.807) is 0 Å². The third kappa shape index (κ3) is 2.15. The smallest absolute Gasteiger partial charge is 0.313 e. The fourth-order valence-electron chi connectivity index (χ4n) is 3.17. The van der Waals surface area contributed by atoms with Crippen LogP contribution < -0.4 is 5.32 Å². The lowest BCUT2D eigenvalue weighted by molar-refractivity contribution is -0.157. The number of nitrogens with one attached hydrogen (secondary N) is 1. The second kappa shape index (κ2) is 4.73. The predicted molar refractivity (Wildman–Crippen MR) is 68.9 cm³/mol.